The molecule has 1 aromatic rings. The molecule has 3 nitrogen and oxygen atoms in total. The van der Waals surface area contributed by atoms with E-state index in [0.29, 0.717) is 12.3 Å². The van der Waals surface area contributed by atoms with E-state index in [4.69, 9.17) is 0 Å². The minimum atomic E-state index is -0.230. The van der Waals surface area contributed by atoms with E-state index in [-0.39, 0.29) is 6.10 Å². The molecular weight excluding hydrogens is 232 g/mol. The molecule has 13 heavy (non-hydrogen) atoms. The summed E-state index contributed by atoms with van der Waals surface area (Å²) in [5.41, 5.74) is 0.898. The molecule has 1 aliphatic carbocycles. The first-order valence-electron chi connectivity index (χ1n) is 4.40. The molecule has 0 bridgehead atoms. The van der Waals surface area contributed by atoms with E-state index in [1.807, 2.05) is 0 Å². The molecule has 0 amide bonds. The van der Waals surface area contributed by atoms with Crippen molar-refractivity contribution in [1.29, 1.82) is 0 Å². The van der Waals surface area contributed by atoms with Gasteiger partial charge >= 0.3 is 0 Å². The smallest absolute Gasteiger partial charge is 0.115 e. The van der Waals surface area contributed by atoms with E-state index in [1.54, 1.807) is 6.20 Å². The highest BCUT2D eigenvalue weighted by Gasteiger charge is 2.30. The third-order valence-corrected chi connectivity index (χ3v) is 2.97. The van der Waals surface area contributed by atoms with Crippen LogP contribution < -0.4 is 0 Å². The van der Waals surface area contributed by atoms with Crippen molar-refractivity contribution in [2.45, 2.75) is 25.4 Å². The van der Waals surface area contributed by atoms with Gasteiger partial charge in [0, 0.05) is 12.6 Å². The van der Waals surface area contributed by atoms with E-state index in [1.165, 1.54) is 6.33 Å². The van der Waals surface area contributed by atoms with Crippen molar-refractivity contribution in [1.82, 2.24) is 9.97 Å². The number of aromatic nitrogens is 2. The molecular formula is C9H11BrN2O. The van der Waals surface area contributed by atoms with Crippen LogP contribution in [0, 0.1) is 5.92 Å². The number of aliphatic hydroxyl groups excluding tert-OH is 1. The van der Waals surface area contributed by atoms with Crippen LogP contribution in [0.15, 0.2) is 17.0 Å². The van der Waals surface area contributed by atoms with Crippen LogP contribution in [0.5, 0.6) is 0 Å². The van der Waals surface area contributed by atoms with Gasteiger partial charge in [-0.25, -0.2) is 9.97 Å². The Labute approximate surface area is 85.4 Å². The van der Waals surface area contributed by atoms with Crippen molar-refractivity contribution in [2.75, 3.05) is 0 Å². The van der Waals surface area contributed by atoms with Gasteiger partial charge in [0.2, 0.25) is 0 Å². The van der Waals surface area contributed by atoms with Crippen molar-refractivity contribution in [3.05, 3.63) is 22.7 Å². The van der Waals surface area contributed by atoms with Crippen LogP contribution in [-0.2, 0) is 6.42 Å². The van der Waals surface area contributed by atoms with Crippen LogP contribution >= 0.6 is 15.9 Å². The quantitative estimate of drug-likeness (QED) is 0.876. The van der Waals surface area contributed by atoms with Crippen molar-refractivity contribution in [3.8, 4) is 0 Å². The largest absolute Gasteiger partial charge is 0.392 e. The zero-order chi connectivity index (χ0) is 9.26. The fraction of sp³-hybridized carbons (Fsp3) is 0.556. The molecule has 0 spiro atoms. The number of hydrogen-bond acceptors (Lipinski definition) is 3. The third kappa shape index (κ3) is 2.25. The average molecular weight is 243 g/mol. The molecule has 0 aromatic carbocycles. The standard InChI is InChI=1S/C9H11BrN2O/c10-7-4-11-5-12-8(7)3-9(13)6-1-2-6/h4-6,9,13H,1-3H2. The molecule has 1 fully saturated rings. The van der Waals surface area contributed by atoms with Gasteiger partial charge in [0.15, 0.2) is 0 Å². The summed E-state index contributed by atoms with van der Waals surface area (Å²) in [5, 5.41) is 9.69. The highest BCUT2D eigenvalue weighted by Crippen LogP contribution is 2.34. The van der Waals surface area contributed by atoms with Crippen LogP contribution in [0.3, 0.4) is 0 Å². The zero-order valence-electron chi connectivity index (χ0n) is 7.15. The van der Waals surface area contributed by atoms with Crippen LogP contribution in [0.1, 0.15) is 18.5 Å². The second kappa shape index (κ2) is 3.72. The summed E-state index contributed by atoms with van der Waals surface area (Å²) in [5.74, 6) is 0.502. The summed E-state index contributed by atoms with van der Waals surface area (Å²) in [6, 6.07) is 0. The lowest BCUT2D eigenvalue weighted by atomic mass is 10.1. The first-order chi connectivity index (χ1) is 6.27. The summed E-state index contributed by atoms with van der Waals surface area (Å²) in [6.45, 7) is 0. The van der Waals surface area contributed by atoms with Gasteiger partial charge < -0.3 is 5.11 Å². The molecule has 1 heterocycles. The Morgan fingerprint density at radius 2 is 2.38 bits per heavy atom. The molecule has 0 radical (unpaired) electrons. The Morgan fingerprint density at radius 1 is 1.62 bits per heavy atom. The molecule has 1 N–H and O–H groups in total. The molecule has 4 heteroatoms. The monoisotopic (exact) mass is 242 g/mol. The first-order valence-corrected chi connectivity index (χ1v) is 5.19. The summed E-state index contributed by atoms with van der Waals surface area (Å²) >= 11 is 3.36. The van der Waals surface area contributed by atoms with Crippen molar-refractivity contribution >= 4 is 15.9 Å². The molecule has 0 saturated heterocycles. The van der Waals surface area contributed by atoms with Crippen molar-refractivity contribution in [3.63, 3.8) is 0 Å². The Balaban J connectivity index is 2.03. The Bertz CT molecular complexity index is 301. The number of halogens is 1. The van der Waals surface area contributed by atoms with Gasteiger partial charge in [-0.3, -0.25) is 0 Å². The summed E-state index contributed by atoms with van der Waals surface area (Å²) < 4.78 is 0.884. The Kier molecular flexibility index (Phi) is 2.60. The molecule has 1 aromatic heterocycles. The van der Waals surface area contributed by atoms with Crippen LogP contribution in [0.25, 0.3) is 0 Å². The van der Waals surface area contributed by atoms with E-state index in [0.717, 1.165) is 23.0 Å². The van der Waals surface area contributed by atoms with Crippen LogP contribution in [0.2, 0.25) is 0 Å². The Morgan fingerprint density at radius 3 is 3.00 bits per heavy atom. The van der Waals surface area contributed by atoms with Crippen LogP contribution in [0.4, 0.5) is 0 Å². The van der Waals surface area contributed by atoms with Gasteiger partial charge in [0.25, 0.3) is 0 Å². The van der Waals surface area contributed by atoms with Gasteiger partial charge in [0.05, 0.1) is 16.3 Å². The molecule has 0 aliphatic heterocycles. The van der Waals surface area contributed by atoms with Gasteiger partial charge in [0.1, 0.15) is 6.33 Å². The predicted octanol–water partition coefficient (Wildman–Crippen LogP) is 1.55. The second-order valence-corrected chi connectivity index (χ2v) is 4.28. The van der Waals surface area contributed by atoms with E-state index in [2.05, 4.69) is 25.9 Å². The summed E-state index contributed by atoms with van der Waals surface area (Å²) in [6.07, 6.45) is 5.94. The highest BCUT2D eigenvalue weighted by molar-refractivity contribution is 9.10. The van der Waals surface area contributed by atoms with Gasteiger partial charge in [-0.2, -0.15) is 0 Å². The fourth-order valence-electron chi connectivity index (χ4n) is 1.33. The summed E-state index contributed by atoms with van der Waals surface area (Å²) in [4.78, 5) is 7.98. The number of aliphatic hydroxyl groups is 1. The zero-order valence-corrected chi connectivity index (χ0v) is 8.74. The maximum absolute atomic E-state index is 9.69. The van der Waals surface area contributed by atoms with Crippen molar-refractivity contribution in [2.24, 2.45) is 5.92 Å². The molecule has 1 saturated carbocycles. The first kappa shape index (κ1) is 9.09. The number of hydrogen-bond donors (Lipinski definition) is 1. The maximum atomic E-state index is 9.69. The molecule has 1 atom stereocenters. The van der Waals surface area contributed by atoms with Crippen LogP contribution in [-0.4, -0.2) is 21.2 Å². The SMILES string of the molecule is OC(Cc1ncncc1Br)C1CC1. The highest BCUT2D eigenvalue weighted by atomic mass is 79.9. The third-order valence-electron chi connectivity index (χ3n) is 2.31. The van der Waals surface area contributed by atoms with Gasteiger partial charge in [-0.1, -0.05) is 0 Å². The van der Waals surface area contributed by atoms with E-state index in [9.17, 15) is 5.11 Å². The van der Waals surface area contributed by atoms with E-state index < -0.39 is 0 Å². The fourth-order valence-corrected chi connectivity index (χ4v) is 1.72. The lowest BCUT2D eigenvalue weighted by molar-refractivity contribution is 0.150. The van der Waals surface area contributed by atoms with Crippen molar-refractivity contribution < 1.29 is 5.11 Å². The second-order valence-electron chi connectivity index (χ2n) is 3.43. The average Bonchev–Trinajstić information content (AvgIpc) is 2.91. The normalized spacial score (nSPS) is 18.6. The topological polar surface area (TPSA) is 46.0 Å². The molecule has 70 valence electrons. The van der Waals surface area contributed by atoms with Gasteiger partial charge in [-0.15, -0.1) is 0 Å². The molecule has 1 aliphatic rings. The number of nitrogens with zero attached hydrogens (tertiary/aromatic N) is 2. The number of rotatable bonds is 3. The molecule has 2 rings (SSSR count). The summed E-state index contributed by atoms with van der Waals surface area (Å²) in [7, 11) is 0. The predicted molar refractivity (Wildman–Crippen MR) is 52.2 cm³/mol. The lowest BCUT2D eigenvalue weighted by Crippen LogP contribution is -2.14. The van der Waals surface area contributed by atoms with E-state index >= 15 is 0 Å². The minimum absolute atomic E-state index is 0.230. The minimum Gasteiger partial charge on any atom is -0.392 e. The lowest BCUT2D eigenvalue weighted by Gasteiger charge is -2.08. The van der Waals surface area contributed by atoms with Gasteiger partial charge in [-0.05, 0) is 34.7 Å². The Hall–Kier alpha value is -0.480. The maximum Gasteiger partial charge on any atom is 0.115 e. The molecule has 1 unspecified atom stereocenters.